The van der Waals surface area contributed by atoms with Crippen LogP contribution in [0.4, 0.5) is 11.5 Å². The number of aromatic carboxylic acids is 1. The van der Waals surface area contributed by atoms with Crippen LogP contribution in [0, 0.1) is 0 Å². The fraction of sp³-hybridized carbons (Fsp3) is 0.353. The Morgan fingerprint density at radius 3 is 2.96 bits per heavy atom. The number of hydrogen-bond acceptors (Lipinski definition) is 5. The van der Waals surface area contributed by atoms with Gasteiger partial charge in [0.25, 0.3) is 0 Å². The van der Waals surface area contributed by atoms with Gasteiger partial charge in [-0.05, 0) is 37.1 Å². The molecule has 23 heavy (non-hydrogen) atoms. The van der Waals surface area contributed by atoms with Gasteiger partial charge in [0, 0.05) is 31.5 Å². The molecule has 6 nitrogen and oxygen atoms in total. The first-order valence-electron chi connectivity index (χ1n) is 7.87. The number of carbonyl (C=O) groups is 1. The predicted molar refractivity (Wildman–Crippen MR) is 86.9 cm³/mol. The van der Waals surface area contributed by atoms with Crippen LogP contribution in [-0.2, 0) is 6.54 Å². The zero-order chi connectivity index (χ0) is 15.8. The molecule has 4 rings (SSSR count). The number of carboxylic acid groups (broad SMARTS) is 1. The molecule has 1 saturated heterocycles. The number of aromatic nitrogens is 2. The van der Waals surface area contributed by atoms with Crippen molar-refractivity contribution >= 4 is 17.5 Å². The fourth-order valence-corrected chi connectivity index (χ4v) is 3.53. The molecular formula is C17H18N4O2. The molecule has 0 bridgehead atoms. The van der Waals surface area contributed by atoms with Gasteiger partial charge in [0.2, 0.25) is 0 Å². The Labute approximate surface area is 134 Å². The first kappa shape index (κ1) is 14.0. The average Bonchev–Trinajstić information content (AvgIpc) is 2.97. The molecule has 6 heteroatoms. The van der Waals surface area contributed by atoms with Crippen LogP contribution in [0.1, 0.15) is 28.9 Å². The Morgan fingerprint density at radius 1 is 1.26 bits per heavy atom. The third-order valence-electron chi connectivity index (χ3n) is 4.64. The van der Waals surface area contributed by atoms with Crippen LogP contribution in [0.25, 0.3) is 0 Å². The SMILES string of the molecule is O=C(O)c1ccc(N2Cc3ncccc3N3CCC[C@H]3C2)nc1. The molecule has 2 aliphatic rings. The smallest absolute Gasteiger partial charge is 0.337 e. The van der Waals surface area contributed by atoms with Crippen LogP contribution >= 0.6 is 0 Å². The normalized spacial score (nSPS) is 19.9. The highest BCUT2D eigenvalue weighted by Gasteiger charge is 2.32. The minimum Gasteiger partial charge on any atom is -0.478 e. The Morgan fingerprint density at radius 2 is 2.17 bits per heavy atom. The molecule has 2 aromatic rings. The second-order valence-corrected chi connectivity index (χ2v) is 6.05. The van der Waals surface area contributed by atoms with Crippen molar-refractivity contribution in [2.75, 3.05) is 22.9 Å². The lowest BCUT2D eigenvalue weighted by Gasteiger charge is -2.27. The second kappa shape index (κ2) is 5.53. The van der Waals surface area contributed by atoms with Gasteiger partial charge in [0.05, 0.1) is 23.5 Å². The van der Waals surface area contributed by atoms with E-state index in [1.54, 1.807) is 12.1 Å². The number of anilines is 2. The molecular weight excluding hydrogens is 292 g/mol. The molecule has 0 radical (unpaired) electrons. The lowest BCUT2D eigenvalue weighted by Crippen LogP contribution is -2.37. The molecule has 2 aliphatic heterocycles. The van der Waals surface area contributed by atoms with Crippen LogP contribution in [0.3, 0.4) is 0 Å². The Bertz CT molecular complexity index is 732. The first-order valence-corrected chi connectivity index (χ1v) is 7.87. The van der Waals surface area contributed by atoms with Crippen molar-refractivity contribution in [3.05, 3.63) is 47.9 Å². The van der Waals surface area contributed by atoms with Crippen molar-refractivity contribution < 1.29 is 9.90 Å². The van der Waals surface area contributed by atoms with Crippen LogP contribution < -0.4 is 9.80 Å². The van der Waals surface area contributed by atoms with Crippen LogP contribution in [0.5, 0.6) is 0 Å². The topological polar surface area (TPSA) is 69.6 Å². The third-order valence-corrected chi connectivity index (χ3v) is 4.64. The summed E-state index contributed by atoms with van der Waals surface area (Å²) in [6.07, 6.45) is 5.61. The molecule has 0 unspecified atom stereocenters. The molecule has 1 fully saturated rings. The molecule has 0 saturated carbocycles. The number of hydrogen-bond donors (Lipinski definition) is 1. The third kappa shape index (κ3) is 2.50. The van der Waals surface area contributed by atoms with E-state index in [2.05, 4.69) is 25.8 Å². The summed E-state index contributed by atoms with van der Waals surface area (Å²) >= 11 is 0. The van der Waals surface area contributed by atoms with Gasteiger partial charge in [0.1, 0.15) is 5.82 Å². The van der Waals surface area contributed by atoms with Crippen molar-refractivity contribution in [2.45, 2.75) is 25.4 Å². The largest absolute Gasteiger partial charge is 0.478 e. The van der Waals surface area contributed by atoms with E-state index < -0.39 is 5.97 Å². The molecule has 0 aromatic carbocycles. The van der Waals surface area contributed by atoms with E-state index in [1.807, 2.05) is 12.3 Å². The monoisotopic (exact) mass is 310 g/mol. The molecule has 4 heterocycles. The van der Waals surface area contributed by atoms with E-state index in [9.17, 15) is 4.79 Å². The number of pyridine rings is 2. The van der Waals surface area contributed by atoms with Gasteiger partial charge in [0.15, 0.2) is 0 Å². The highest BCUT2D eigenvalue weighted by atomic mass is 16.4. The number of carboxylic acids is 1. The summed E-state index contributed by atoms with van der Waals surface area (Å²) in [4.78, 5) is 24.5. The van der Waals surface area contributed by atoms with Crippen molar-refractivity contribution in [2.24, 2.45) is 0 Å². The van der Waals surface area contributed by atoms with E-state index in [1.165, 1.54) is 18.3 Å². The quantitative estimate of drug-likeness (QED) is 0.916. The zero-order valence-corrected chi connectivity index (χ0v) is 12.7. The maximum atomic E-state index is 11.0. The van der Waals surface area contributed by atoms with E-state index in [4.69, 9.17) is 5.11 Å². The molecule has 0 amide bonds. The van der Waals surface area contributed by atoms with E-state index in [-0.39, 0.29) is 5.56 Å². The maximum absolute atomic E-state index is 11.0. The van der Waals surface area contributed by atoms with Gasteiger partial charge in [-0.1, -0.05) is 0 Å². The van der Waals surface area contributed by atoms with E-state index >= 15 is 0 Å². The van der Waals surface area contributed by atoms with Crippen molar-refractivity contribution in [1.82, 2.24) is 9.97 Å². The van der Waals surface area contributed by atoms with Crippen molar-refractivity contribution in [3.8, 4) is 0 Å². The number of fused-ring (bicyclic) bond motifs is 3. The maximum Gasteiger partial charge on any atom is 0.337 e. The predicted octanol–water partition coefficient (Wildman–Crippen LogP) is 2.16. The lowest BCUT2D eigenvalue weighted by atomic mass is 10.2. The van der Waals surface area contributed by atoms with Gasteiger partial charge in [-0.15, -0.1) is 0 Å². The van der Waals surface area contributed by atoms with E-state index in [0.717, 1.165) is 31.0 Å². The molecule has 1 atom stereocenters. The summed E-state index contributed by atoms with van der Waals surface area (Å²) in [5.74, 6) is -0.144. The minimum atomic E-state index is -0.950. The summed E-state index contributed by atoms with van der Waals surface area (Å²) < 4.78 is 0. The summed E-state index contributed by atoms with van der Waals surface area (Å²) in [5.41, 5.74) is 2.49. The summed E-state index contributed by atoms with van der Waals surface area (Å²) in [6, 6.07) is 7.99. The van der Waals surface area contributed by atoms with Gasteiger partial charge in [-0.25, -0.2) is 9.78 Å². The molecule has 0 aliphatic carbocycles. The van der Waals surface area contributed by atoms with Gasteiger partial charge >= 0.3 is 5.97 Å². The Balaban J connectivity index is 1.69. The summed E-state index contributed by atoms with van der Waals surface area (Å²) in [5, 5.41) is 9.01. The van der Waals surface area contributed by atoms with Crippen LogP contribution in [0.2, 0.25) is 0 Å². The van der Waals surface area contributed by atoms with Gasteiger partial charge in [-0.3, -0.25) is 4.98 Å². The lowest BCUT2D eigenvalue weighted by molar-refractivity contribution is 0.0696. The average molecular weight is 310 g/mol. The summed E-state index contributed by atoms with van der Waals surface area (Å²) in [7, 11) is 0. The molecule has 118 valence electrons. The second-order valence-electron chi connectivity index (χ2n) is 6.05. The fourth-order valence-electron chi connectivity index (χ4n) is 3.53. The molecule has 0 spiro atoms. The molecule has 2 aromatic heterocycles. The highest BCUT2D eigenvalue weighted by Crippen LogP contribution is 2.33. The standard InChI is InChI=1S/C17H18N4O2/c22-17(23)12-5-6-16(19-9-12)20-10-13-3-2-8-21(13)15-4-1-7-18-14(15)11-20/h1,4-7,9,13H,2-3,8,10-11H2,(H,22,23)/t13-/m0/s1. The Kier molecular flexibility index (Phi) is 3.37. The van der Waals surface area contributed by atoms with E-state index in [0.29, 0.717) is 12.6 Å². The van der Waals surface area contributed by atoms with Crippen molar-refractivity contribution in [3.63, 3.8) is 0 Å². The summed E-state index contributed by atoms with van der Waals surface area (Å²) in [6.45, 7) is 2.65. The first-order chi connectivity index (χ1) is 11.2. The molecule has 1 N–H and O–H groups in total. The van der Waals surface area contributed by atoms with Crippen LogP contribution in [0.15, 0.2) is 36.7 Å². The Hall–Kier alpha value is -2.63. The van der Waals surface area contributed by atoms with Crippen molar-refractivity contribution in [1.29, 1.82) is 0 Å². The number of nitrogens with zero attached hydrogens (tertiary/aromatic N) is 4. The zero-order valence-electron chi connectivity index (χ0n) is 12.7. The van der Waals surface area contributed by atoms with Crippen LogP contribution in [-0.4, -0.2) is 40.2 Å². The van der Waals surface area contributed by atoms with Gasteiger partial charge < -0.3 is 14.9 Å². The highest BCUT2D eigenvalue weighted by molar-refractivity contribution is 5.87. The minimum absolute atomic E-state index is 0.213. The van der Waals surface area contributed by atoms with Gasteiger partial charge in [-0.2, -0.15) is 0 Å². The number of rotatable bonds is 2.